The Kier molecular flexibility index (Phi) is 3.46. The summed E-state index contributed by atoms with van der Waals surface area (Å²) < 4.78 is 0. The Morgan fingerprint density at radius 1 is 1.46 bits per heavy atom. The Balaban J connectivity index is 2.63. The quantitative estimate of drug-likeness (QED) is 0.524. The minimum atomic E-state index is -0.108. The molecule has 1 atom stereocenters. The molecule has 0 spiro atoms. The van der Waals surface area contributed by atoms with Crippen LogP contribution >= 0.6 is 0 Å². The molecule has 0 saturated heterocycles. The van der Waals surface area contributed by atoms with E-state index in [4.69, 9.17) is 5.73 Å². The summed E-state index contributed by atoms with van der Waals surface area (Å²) in [5.74, 6) is 0. The molecule has 0 aliphatic rings. The van der Waals surface area contributed by atoms with Crippen molar-refractivity contribution in [1.82, 2.24) is 5.32 Å². The van der Waals surface area contributed by atoms with Crippen molar-refractivity contribution in [3.63, 3.8) is 0 Å². The lowest BCUT2D eigenvalue weighted by Crippen LogP contribution is -2.28. The molecular formula is C10H14N2O. The third-order valence-corrected chi connectivity index (χ3v) is 1.97. The summed E-state index contributed by atoms with van der Waals surface area (Å²) in [5, 5.41) is 2.92. The van der Waals surface area contributed by atoms with E-state index >= 15 is 0 Å². The van der Waals surface area contributed by atoms with Gasteiger partial charge in [0.25, 0.3) is 0 Å². The minimum Gasteiger partial charge on any atom is -0.399 e. The molecule has 0 bridgehead atoms. The molecule has 0 radical (unpaired) electrons. The highest BCUT2D eigenvalue weighted by Crippen LogP contribution is 2.06. The van der Waals surface area contributed by atoms with E-state index in [1.165, 1.54) is 0 Å². The topological polar surface area (TPSA) is 55.1 Å². The van der Waals surface area contributed by atoms with Crippen LogP contribution in [0.2, 0.25) is 0 Å². The van der Waals surface area contributed by atoms with Gasteiger partial charge in [0.2, 0.25) is 0 Å². The number of carbonyl (C=O) groups excluding carboxylic acids is 1. The fourth-order valence-corrected chi connectivity index (χ4v) is 1.13. The number of hydrogen-bond donors (Lipinski definition) is 2. The zero-order valence-electron chi connectivity index (χ0n) is 7.66. The molecule has 3 N–H and O–H groups in total. The zero-order valence-corrected chi connectivity index (χ0v) is 7.66. The average molecular weight is 178 g/mol. The second kappa shape index (κ2) is 4.62. The van der Waals surface area contributed by atoms with E-state index in [0.29, 0.717) is 6.42 Å². The van der Waals surface area contributed by atoms with E-state index < -0.39 is 0 Å². The largest absolute Gasteiger partial charge is 0.399 e. The molecular weight excluding hydrogens is 164 g/mol. The second-order valence-corrected chi connectivity index (χ2v) is 2.98. The summed E-state index contributed by atoms with van der Waals surface area (Å²) in [6, 6.07) is 7.44. The third-order valence-electron chi connectivity index (χ3n) is 1.97. The molecule has 3 nitrogen and oxygen atoms in total. The van der Waals surface area contributed by atoms with Gasteiger partial charge in [0.1, 0.15) is 6.29 Å². The first kappa shape index (κ1) is 9.74. The standard InChI is InChI=1S/C10H14N2O/c1-12-10(7-13)6-8-2-4-9(11)5-3-8/h2-5,7,10,12H,6,11H2,1H3. The number of rotatable bonds is 4. The Hall–Kier alpha value is -1.35. The van der Waals surface area contributed by atoms with Crippen molar-refractivity contribution in [2.24, 2.45) is 0 Å². The molecule has 13 heavy (non-hydrogen) atoms. The van der Waals surface area contributed by atoms with Crippen molar-refractivity contribution in [2.45, 2.75) is 12.5 Å². The van der Waals surface area contributed by atoms with Gasteiger partial charge in [-0.1, -0.05) is 12.1 Å². The van der Waals surface area contributed by atoms with Crippen molar-refractivity contribution in [2.75, 3.05) is 12.8 Å². The summed E-state index contributed by atoms with van der Waals surface area (Å²) in [5.41, 5.74) is 7.40. The lowest BCUT2D eigenvalue weighted by Gasteiger charge is -2.08. The first-order valence-electron chi connectivity index (χ1n) is 4.23. The molecule has 0 heterocycles. The van der Waals surface area contributed by atoms with Gasteiger partial charge in [-0.05, 0) is 31.2 Å². The fourth-order valence-electron chi connectivity index (χ4n) is 1.13. The predicted molar refractivity (Wildman–Crippen MR) is 53.5 cm³/mol. The second-order valence-electron chi connectivity index (χ2n) is 2.98. The number of hydrogen-bond acceptors (Lipinski definition) is 3. The monoisotopic (exact) mass is 178 g/mol. The number of nitrogen functional groups attached to an aromatic ring is 1. The van der Waals surface area contributed by atoms with Crippen molar-refractivity contribution >= 4 is 12.0 Å². The molecule has 1 unspecified atom stereocenters. The molecule has 1 aromatic carbocycles. The van der Waals surface area contributed by atoms with Crippen molar-refractivity contribution < 1.29 is 4.79 Å². The third kappa shape index (κ3) is 2.87. The molecule has 0 aliphatic carbocycles. The highest BCUT2D eigenvalue weighted by Gasteiger charge is 2.04. The smallest absolute Gasteiger partial charge is 0.137 e. The minimum absolute atomic E-state index is 0.108. The molecule has 0 aromatic heterocycles. The number of benzene rings is 1. The first-order valence-corrected chi connectivity index (χ1v) is 4.23. The van der Waals surface area contributed by atoms with Gasteiger partial charge in [0.05, 0.1) is 6.04 Å². The highest BCUT2D eigenvalue weighted by molar-refractivity contribution is 5.58. The number of aldehydes is 1. The fraction of sp³-hybridized carbons (Fsp3) is 0.300. The average Bonchev–Trinajstić information content (AvgIpc) is 2.17. The maximum Gasteiger partial charge on any atom is 0.137 e. The van der Waals surface area contributed by atoms with Gasteiger partial charge in [0, 0.05) is 5.69 Å². The van der Waals surface area contributed by atoms with E-state index in [9.17, 15) is 4.79 Å². The molecule has 3 heteroatoms. The Labute approximate surface area is 77.9 Å². The molecule has 1 rings (SSSR count). The van der Waals surface area contributed by atoms with Crippen LogP contribution in [0.4, 0.5) is 5.69 Å². The molecule has 0 fully saturated rings. The van der Waals surface area contributed by atoms with Gasteiger partial charge in [-0.15, -0.1) is 0 Å². The van der Waals surface area contributed by atoms with E-state index in [1.807, 2.05) is 24.3 Å². The normalized spacial score (nSPS) is 12.4. The number of nitrogens with two attached hydrogens (primary N) is 1. The summed E-state index contributed by atoms with van der Waals surface area (Å²) in [4.78, 5) is 10.5. The van der Waals surface area contributed by atoms with Gasteiger partial charge in [-0.25, -0.2) is 0 Å². The van der Waals surface area contributed by atoms with E-state index in [2.05, 4.69) is 5.32 Å². The highest BCUT2D eigenvalue weighted by atomic mass is 16.1. The van der Waals surface area contributed by atoms with E-state index in [0.717, 1.165) is 17.5 Å². The Morgan fingerprint density at radius 2 is 2.08 bits per heavy atom. The molecule has 0 saturated carbocycles. The number of anilines is 1. The molecule has 1 aromatic rings. The van der Waals surface area contributed by atoms with Crippen LogP contribution in [0.3, 0.4) is 0 Å². The number of nitrogens with one attached hydrogen (secondary N) is 1. The lowest BCUT2D eigenvalue weighted by molar-refractivity contribution is -0.109. The molecule has 0 aliphatic heterocycles. The summed E-state index contributed by atoms with van der Waals surface area (Å²) >= 11 is 0. The van der Waals surface area contributed by atoms with Crippen molar-refractivity contribution in [3.05, 3.63) is 29.8 Å². The van der Waals surface area contributed by atoms with Crippen LogP contribution in [0.5, 0.6) is 0 Å². The SMILES string of the molecule is CNC(C=O)Cc1ccc(N)cc1. The molecule has 70 valence electrons. The van der Waals surface area contributed by atoms with Gasteiger partial charge >= 0.3 is 0 Å². The van der Waals surface area contributed by atoms with Crippen LogP contribution in [0, 0.1) is 0 Å². The first-order chi connectivity index (χ1) is 6.26. The predicted octanol–water partition coefficient (Wildman–Crippen LogP) is 0.598. The Bertz CT molecular complexity index is 269. The summed E-state index contributed by atoms with van der Waals surface area (Å²) in [7, 11) is 1.77. The van der Waals surface area contributed by atoms with Gasteiger partial charge < -0.3 is 15.8 Å². The van der Waals surface area contributed by atoms with Crippen LogP contribution in [-0.2, 0) is 11.2 Å². The van der Waals surface area contributed by atoms with Gasteiger partial charge in [-0.2, -0.15) is 0 Å². The zero-order chi connectivity index (χ0) is 9.68. The van der Waals surface area contributed by atoms with Crippen LogP contribution in [-0.4, -0.2) is 19.4 Å². The summed E-state index contributed by atoms with van der Waals surface area (Å²) in [6.45, 7) is 0. The van der Waals surface area contributed by atoms with E-state index in [-0.39, 0.29) is 6.04 Å². The maximum atomic E-state index is 10.5. The maximum absolute atomic E-state index is 10.5. The Morgan fingerprint density at radius 3 is 2.54 bits per heavy atom. The summed E-state index contributed by atoms with van der Waals surface area (Å²) in [6.07, 6.45) is 1.62. The van der Waals surface area contributed by atoms with Crippen LogP contribution in [0.15, 0.2) is 24.3 Å². The lowest BCUT2D eigenvalue weighted by atomic mass is 10.1. The van der Waals surface area contributed by atoms with Crippen LogP contribution in [0.25, 0.3) is 0 Å². The van der Waals surface area contributed by atoms with Crippen LogP contribution < -0.4 is 11.1 Å². The van der Waals surface area contributed by atoms with Crippen molar-refractivity contribution in [3.8, 4) is 0 Å². The van der Waals surface area contributed by atoms with Gasteiger partial charge in [-0.3, -0.25) is 0 Å². The molecule has 0 amide bonds. The number of carbonyl (C=O) groups is 1. The van der Waals surface area contributed by atoms with Crippen molar-refractivity contribution in [1.29, 1.82) is 0 Å². The van der Waals surface area contributed by atoms with Crippen LogP contribution in [0.1, 0.15) is 5.56 Å². The van der Waals surface area contributed by atoms with E-state index in [1.54, 1.807) is 7.05 Å². The number of likely N-dealkylation sites (N-methyl/N-ethyl adjacent to an activating group) is 1. The van der Waals surface area contributed by atoms with Gasteiger partial charge in [0.15, 0.2) is 0 Å².